The highest BCUT2D eigenvalue weighted by Crippen LogP contribution is 2.57. The van der Waals surface area contributed by atoms with Gasteiger partial charge in [0.25, 0.3) is 0 Å². The molecule has 0 bridgehead atoms. The van der Waals surface area contributed by atoms with Gasteiger partial charge < -0.3 is 19.4 Å². The van der Waals surface area contributed by atoms with Crippen molar-refractivity contribution < 1.29 is 13.9 Å². The van der Waals surface area contributed by atoms with Gasteiger partial charge in [0, 0.05) is 60.8 Å². The van der Waals surface area contributed by atoms with Crippen molar-refractivity contribution in [3.8, 4) is 12.1 Å². The molecule has 5 heterocycles. The van der Waals surface area contributed by atoms with Gasteiger partial charge in [-0.15, -0.1) is 11.8 Å². The first-order valence-electron chi connectivity index (χ1n) is 16.5. The van der Waals surface area contributed by atoms with Crippen LogP contribution in [0.1, 0.15) is 43.0 Å². The number of nitriles is 1. The number of anilines is 2. The number of allylic oxidation sites excluding steroid dienone is 1. The zero-order valence-corrected chi connectivity index (χ0v) is 28.0. The Morgan fingerprint density at radius 3 is 2.87 bits per heavy atom. The van der Waals surface area contributed by atoms with Crippen molar-refractivity contribution in [1.29, 1.82) is 5.26 Å². The molecule has 1 unspecified atom stereocenters. The number of aryl methyl sites for hydroxylation is 1. The number of aromatic nitrogens is 3. The fourth-order valence-electron chi connectivity index (χ4n) is 7.15. The molecule has 1 saturated carbocycles. The van der Waals surface area contributed by atoms with Crippen molar-refractivity contribution >= 4 is 39.9 Å². The van der Waals surface area contributed by atoms with Gasteiger partial charge in [-0.05, 0) is 51.8 Å². The van der Waals surface area contributed by atoms with E-state index in [1.165, 1.54) is 35.9 Å². The van der Waals surface area contributed by atoms with Crippen LogP contribution in [-0.4, -0.2) is 99.4 Å². The Labute approximate surface area is 279 Å². The minimum atomic E-state index is -0.703. The summed E-state index contributed by atoms with van der Waals surface area (Å²) in [5.74, 6) is 0.541. The number of hydrogen-bond acceptors (Lipinski definition) is 10. The molecule has 0 spiro atoms. The van der Waals surface area contributed by atoms with Gasteiger partial charge in [0.2, 0.25) is 5.91 Å². The largest absolute Gasteiger partial charge is 0.462 e. The summed E-state index contributed by atoms with van der Waals surface area (Å²) in [7, 11) is 2.21. The van der Waals surface area contributed by atoms with Crippen molar-refractivity contribution in [2.45, 2.75) is 68.3 Å². The lowest BCUT2D eigenvalue weighted by Crippen LogP contribution is -2.55. The number of carbonyl (C=O) groups is 1. The third-order valence-electron chi connectivity index (χ3n) is 10.2. The first-order valence-corrected chi connectivity index (χ1v) is 17.3. The molecule has 1 aromatic carbocycles. The first kappa shape index (κ1) is 31.6. The van der Waals surface area contributed by atoms with E-state index < -0.39 is 6.67 Å². The number of thioether (sulfide) groups is 1. The fourth-order valence-corrected chi connectivity index (χ4v) is 8.34. The number of fused-ring (bicyclic) bond motifs is 2. The van der Waals surface area contributed by atoms with E-state index in [1.54, 1.807) is 4.90 Å². The van der Waals surface area contributed by atoms with Gasteiger partial charge >= 0.3 is 6.01 Å². The number of nitrogens with zero attached hydrogens (tertiary/aromatic N) is 8. The van der Waals surface area contributed by atoms with Gasteiger partial charge in [-0.25, -0.2) is 4.39 Å². The molecule has 246 valence electrons. The van der Waals surface area contributed by atoms with Crippen molar-refractivity contribution in [1.82, 2.24) is 24.8 Å². The lowest BCUT2D eigenvalue weighted by atomic mass is 10.0. The molecule has 4 aliphatic rings. The van der Waals surface area contributed by atoms with Crippen LogP contribution in [0, 0.1) is 18.3 Å². The summed E-state index contributed by atoms with van der Waals surface area (Å²) in [4.78, 5) is 36.2. The molecule has 2 aromatic heterocycles. The van der Waals surface area contributed by atoms with Crippen molar-refractivity contribution in [3.63, 3.8) is 0 Å². The van der Waals surface area contributed by atoms with Crippen LogP contribution in [-0.2, 0) is 17.8 Å². The Morgan fingerprint density at radius 1 is 1.23 bits per heavy atom. The van der Waals surface area contributed by atoms with Gasteiger partial charge in [-0.1, -0.05) is 18.2 Å². The number of piperazine rings is 1. The lowest BCUT2D eigenvalue weighted by molar-refractivity contribution is -0.128. The topological polar surface area (TPSA) is 102 Å². The molecule has 3 aromatic rings. The number of pyridine rings is 1. The molecule has 1 amide bonds. The molecule has 3 fully saturated rings. The summed E-state index contributed by atoms with van der Waals surface area (Å²) in [5.41, 5.74) is 4.29. The predicted octanol–water partition coefficient (Wildman–Crippen LogP) is 4.66. The van der Waals surface area contributed by atoms with Crippen LogP contribution in [0.15, 0.2) is 42.7 Å². The Morgan fingerprint density at radius 2 is 2.09 bits per heavy atom. The predicted molar refractivity (Wildman–Crippen MR) is 182 cm³/mol. The molecule has 2 saturated heterocycles. The number of ether oxygens (including phenoxy) is 1. The quantitative estimate of drug-likeness (QED) is 0.226. The third-order valence-corrected chi connectivity index (χ3v) is 11.8. The van der Waals surface area contributed by atoms with Crippen LogP contribution in [0.4, 0.5) is 15.9 Å². The highest BCUT2D eigenvalue weighted by Gasteiger charge is 2.57. The molecule has 7 rings (SSSR count). The van der Waals surface area contributed by atoms with Crippen LogP contribution in [0.25, 0.3) is 10.8 Å². The summed E-state index contributed by atoms with van der Waals surface area (Å²) in [6.45, 7) is 7.01. The maximum atomic E-state index is 12.8. The number of carbonyl (C=O) groups excluding carboxylic acids is 1. The molecule has 0 N–H and O–H groups in total. The van der Waals surface area contributed by atoms with Crippen molar-refractivity contribution in [2.75, 3.05) is 56.3 Å². The zero-order chi connectivity index (χ0) is 32.7. The maximum Gasteiger partial charge on any atom is 0.318 e. The summed E-state index contributed by atoms with van der Waals surface area (Å²) < 4.78 is 19.2. The summed E-state index contributed by atoms with van der Waals surface area (Å²) in [6.07, 6.45) is 9.77. The molecule has 3 aliphatic heterocycles. The van der Waals surface area contributed by atoms with Gasteiger partial charge in [-0.2, -0.15) is 15.2 Å². The minimum Gasteiger partial charge on any atom is -0.462 e. The number of amides is 1. The molecular formula is C35H41FN8O2S. The molecular weight excluding hydrogens is 616 g/mol. The summed E-state index contributed by atoms with van der Waals surface area (Å²) in [5, 5.41) is 12.3. The number of rotatable bonds is 10. The maximum absolute atomic E-state index is 12.8. The van der Waals surface area contributed by atoms with E-state index >= 15 is 0 Å². The van der Waals surface area contributed by atoms with E-state index in [4.69, 9.17) is 14.7 Å². The van der Waals surface area contributed by atoms with Crippen molar-refractivity contribution in [3.05, 3.63) is 59.6 Å². The van der Waals surface area contributed by atoms with Gasteiger partial charge in [0.1, 0.15) is 19.1 Å². The normalized spacial score (nSPS) is 24.1. The van der Waals surface area contributed by atoms with Crippen LogP contribution < -0.4 is 14.5 Å². The van der Waals surface area contributed by atoms with E-state index in [-0.39, 0.29) is 23.2 Å². The van der Waals surface area contributed by atoms with E-state index in [0.29, 0.717) is 50.1 Å². The first-order chi connectivity index (χ1) is 22.8. The van der Waals surface area contributed by atoms with Crippen LogP contribution in [0.5, 0.6) is 6.01 Å². The number of alkyl halides is 1. The monoisotopic (exact) mass is 656 g/mol. The third kappa shape index (κ3) is 6.23. The second-order valence-corrected chi connectivity index (χ2v) is 14.8. The minimum absolute atomic E-state index is 0.0677. The summed E-state index contributed by atoms with van der Waals surface area (Å²) in [6, 6.07) is 9.22. The smallest absolute Gasteiger partial charge is 0.318 e. The Hall–Kier alpha value is -3.95. The number of benzene rings is 1. The van der Waals surface area contributed by atoms with E-state index in [0.717, 1.165) is 41.1 Å². The molecule has 47 heavy (non-hydrogen) atoms. The van der Waals surface area contributed by atoms with Crippen molar-refractivity contribution in [2.24, 2.45) is 0 Å². The molecule has 10 nitrogen and oxygen atoms in total. The SMILES string of the molecule is Cc1cccc2cncc(N3CCc4c(nc(OCC5S[C@]5(C)N(C)C5CC5)nc4N4CCN(C(=O)/C=C/CF)[C@@H](CC#N)C4)C3)c12. The van der Waals surface area contributed by atoms with E-state index in [9.17, 15) is 14.4 Å². The van der Waals surface area contributed by atoms with Crippen LogP contribution in [0.3, 0.4) is 0 Å². The molecule has 1 aliphatic carbocycles. The van der Waals surface area contributed by atoms with Crippen LogP contribution >= 0.6 is 11.8 Å². The van der Waals surface area contributed by atoms with Gasteiger partial charge in [0.15, 0.2) is 0 Å². The Kier molecular flexibility index (Phi) is 8.70. The highest BCUT2D eigenvalue weighted by molar-refractivity contribution is 8.08. The lowest BCUT2D eigenvalue weighted by Gasteiger charge is -2.42. The van der Waals surface area contributed by atoms with Crippen LogP contribution in [0.2, 0.25) is 0 Å². The molecule has 12 heteroatoms. The average molecular weight is 657 g/mol. The van der Waals surface area contributed by atoms with E-state index in [2.05, 4.69) is 64.8 Å². The summed E-state index contributed by atoms with van der Waals surface area (Å²) >= 11 is 1.93. The van der Waals surface area contributed by atoms with E-state index in [1.807, 2.05) is 24.2 Å². The Balaban J connectivity index is 1.18. The standard InChI is InChI=1S/C35H41FN8O2S/c1-23-6-4-7-24-18-38-19-29(32(23)24)42-15-12-27-28(21-42)39-34(46-22-30-35(2,47-30)41(3)25-9-10-25)40-33(27)43-16-17-44(26(20-43)11-14-37)31(45)8-5-13-36/h4-8,18-19,25-26,30H,9-13,15-17,20-22H2,1-3H3/b8-5+/t26-,30?,35-/m0/s1. The van der Waals surface area contributed by atoms with Gasteiger partial charge in [-0.3, -0.25) is 14.7 Å². The number of hydrogen-bond donors (Lipinski definition) is 0. The average Bonchev–Trinajstić information content (AvgIpc) is 4.02. The number of halogens is 1. The second-order valence-electron chi connectivity index (χ2n) is 13.1. The Bertz CT molecular complexity index is 1740. The molecule has 0 radical (unpaired) electrons. The zero-order valence-electron chi connectivity index (χ0n) is 27.2. The molecule has 3 atom stereocenters. The highest BCUT2D eigenvalue weighted by atomic mass is 32.2. The van der Waals surface area contributed by atoms with Gasteiger partial charge in [0.05, 0.1) is 52.8 Å². The second kappa shape index (κ2) is 12.9. The fraction of sp³-hybridized carbons (Fsp3) is 0.514.